The van der Waals surface area contributed by atoms with Gasteiger partial charge in [0, 0.05) is 0 Å². The number of nitrogens with one attached hydrogen (secondary N) is 1. The lowest BCUT2D eigenvalue weighted by atomic mass is 10.0. The van der Waals surface area contributed by atoms with Crippen molar-refractivity contribution in [2.45, 2.75) is 19.8 Å². The Morgan fingerprint density at radius 1 is 1.27 bits per heavy atom. The first kappa shape index (κ1) is 12.1. The van der Waals surface area contributed by atoms with Gasteiger partial charge in [-0.3, -0.25) is 0 Å². The molecule has 1 rings (SSSR count). The van der Waals surface area contributed by atoms with Crippen LogP contribution in [0, 0.1) is 5.92 Å². The second-order valence-corrected chi connectivity index (χ2v) is 4.05. The second-order valence-electron chi connectivity index (χ2n) is 4.05. The smallest absolute Gasteiger partial charge is 0.118 e. The Morgan fingerprint density at radius 3 is 2.47 bits per heavy atom. The van der Waals surface area contributed by atoms with Gasteiger partial charge in [-0.2, -0.15) is 0 Å². The number of hydrogen-bond donors (Lipinski definition) is 1. The molecule has 0 aromatic heterocycles. The molecule has 0 aliphatic rings. The molecule has 0 saturated heterocycles. The van der Waals surface area contributed by atoms with Crippen molar-refractivity contribution in [3.05, 3.63) is 29.8 Å². The molecule has 0 radical (unpaired) electrons. The molecule has 0 spiro atoms. The monoisotopic (exact) mass is 207 g/mol. The van der Waals surface area contributed by atoms with E-state index >= 15 is 0 Å². The number of ether oxygens (including phenoxy) is 1. The van der Waals surface area contributed by atoms with Crippen molar-refractivity contribution >= 4 is 0 Å². The molecule has 0 saturated carbocycles. The Kier molecular flexibility index (Phi) is 5.19. The number of benzene rings is 1. The minimum Gasteiger partial charge on any atom is -0.497 e. The summed E-state index contributed by atoms with van der Waals surface area (Å²) < 4.78 is 5.12. The van der Waals surface area contributed by atoms with Gasteiger partial charge in [-0.05, 0) is 50.0 Å². The van der Waals surface area contributed by atoms with Crippen LogP contribution in [0.1, 0.15) is 18.9 Å². The Labute approximate surface area is 92.6 Å². The molecule has 0 aliphatic carbocycles. The van der Waals surface area contributed by atoms with Crippen LogP contribution >= 0.6 is 0 Å². The Hall–Kier alpha value is -1.02. The summed E-state index contributed by atoms with van der Waals surface area (Å²) in [5.74, 6) is 1.67. The maximum absolute atomic E-state index is 5.12. The number of aryl methyl sites for hydroxylation is 1. The molecule has 1 atom stereocenters. The van der Waals surface area contributed by atoms with Gasteiger partial charge in [0.25, 0.3) is 0 Å². The molecule has 15 heavy (non-hydrogen) atoms. The summed E-state index contributed by atoms with van der Waals surface area (Å²) in [6.07, 6.45) is 2.38. The van der Waals surface area contributed by atoms with Crippen LogP contribution in [-0.2, 0) is 6.42 Å². The molecular weight excluding hydrogens is 186 g/mol. The van der Waals surface area contributed by atoms with E-state index in [1.54, 1.807) is 7.11 Å². The summed E-state index contributed by atoms with van der Waals surface area (Å²) >= 11 is 0. The highest BCUT2D eigenvalue weighted by Gasteiger charge is 2.01. The molecular formula is C13H21NO. The number of rotatable bonds is 6. The molecule has 0 amide bonds. The van der Waals surface area contributed by atoms with Gasteiger partial charge in [-0.1, -0.05) is 19.1 Å². The zero-order chi connectivity index (χ0) is 11.1. The molecule has 1 unspecified atom stereocenters. The third kappa shape index (κ3) is 4.34. The van der Waals surface area contributed by atoms with Crippen molar-refractivity contribution < 1.29 is 4.74 Å². The SMILES string of the molecule is CNCC(C)CCc1ccc(OC)cc1. The van der Waals surface area contributed by atoms with E-state index in [0.717, 1.165) is 24.6 Å². The van der Waals surface area contributed by atoms with E-state index in [1.807, 2.05) is 19.2 Å². The van der Waals surface area contributed by atoms with Crippen molar-refractivity contribution in [3.8, 4) is 5.75 Å². The van der Waals surface area contributed by atoms with Gasteiger partial charge >= 0.3 is 0 Å². The van der Waals surface area contributed by atoms with Crippen molar-refractivity contribution in [2.24, 2.45) is 5.92 Å². The first-order valence-electron chi connectivity index (χ1n) is 5.53. The van der Waals surface area contributed by atoms with Crippen LogP contribution in [0.2, 0.25) is 0 Å². The van der Waals surface area contributed by atoms with Gasteiger partial charge in [0.15, 0.2) is 0 Å². The maximum atomic E-state index is 5.12. The fourth-order valence-corrected chi connectivity index (χ4v) is 1.66. The van der Waals surface area contributed by atoms with E-state index in [0.29, 0.717) is 0 Å². The fourth-order valence-electron chi connectivity index (χ4n) is 1.66. The quantitative estimate of drug-likeness (QED) is 0.773. The lowest BCUT2D eigenvalue weighted by Crippen LogP contribution is -2.16. The molecule has 0 heterocycles. The summed E-state index contributed by atoms with van der Waals surface area (Å²) in [5, 5.41) is 3.20. The predicted molar refractivity (Wildman–Crippen MR) is 64.4 cm³/mol. The van der Waals surface area contributed by atoms with E-state index in [1.165, 1.54) is 12.0 Å². The largest absolute Gasteiger partial charge is 0.497 e. The van der Waals surface area contributed by atoms with Crippen LogP contribution in [0.5, 0.6) is 5.75 Å². The molecule has 0 bridgehead atoms. The second kappa shape index (κ2) is 6.46. The van der Waals surface area contributed by atoms with Crippen LogP contribution in [0.4, 0.5) is 0 Å². The fraction of sp³-hybridized carbons (Fsp3) is 0.538. The van der Waals surface area contributed by atoms with Gasteiger partial charge in [0.2, 0.25) is 0 Å². The molecule has 2 heteroatoms. The molecule has 84 valence electrons. The van der Waals surface area contributed by atoms with Crippen LogP contribution in [0.3, 0.4) is 0 Å². The minimum atomic E-state index is 0.733. The highest BCUT2D eigenvalue weighted by Crippen LogP contribution is 2.14. The number of methoxy groups -OCH3 is 1. The third-order valence-electron chi connectivity index (χ3n) is 2.64. The van der Waals surface area contributed by atoms with E-state index in [4.69, 9.17) is 4.74 Å². The molecule has 1 aromatic carbocycles. The minimum absolute atomic E-state index is 0.733. The lowest BCUT2D eigenvalue weighted by Gasteiger charge is -2.10. The predicted octanol–water partition coefficient (Wildman–Crippen LogP) is 2.48. The first-order valence-corrected chi connectivity index (χ1v) is 5.53. The summed E-state index contributed by atoms with van der Waals surface area (Å²) in [4.78, 5) is 0. The lowest BCUT2D eigenvalue weighted by molar-refractivity contribution is 0.414. The van der Waals surface area contributed by atoms with E-state index < -0.39 is 0 Å². The summed E-state index contributed by atoms with van der Waals surface area (Å²) in [5.41, 5.74) is 1.39. The van der Waals surface area contributed by atoms with Crippen molar-refractivity contribution in [1.29, 1.82) is 0 Å². The molecule has 1 N–H and O–H groups in total. The zero-order valence-electron chi connectivity index (χ0n) is 9.92. The zero-order valence-corrected chi connectivity index (χ0v) is 9.92. The Bertz CT molecular complexity index is 268. The van der Waals surface area contributed by atoms with Crippen molar-refractivity contribution in [3.63, 3.8) is 0 Å². The summed E-state index contributed by atoms with van der Waals surface area (Å²) in [6.45, 7) is 3.37. The average molecular weight is 207 g/mol. The van der Waals surface area contributed by atoms with Gasteiger partial charge in [-0.25, -0.2) is 0 Å². The molecule has 2 nitrogen and oxygen atoms in total. The normalized spacial score (nSPS) is 12.5. The van der Waals surface area contributed by atoms with Crippen LogP contribution < -0.4 is 10.1 Å². The number of hydrogen-bond acceptors (Lipinski definition) is 2. The van der Waals surface area contributed by atoms with Gasteiger partial charge < -0.3 is 10.1 Å². The maximum Gasteiger partial charge on any atom is 0.118 e. The summed E-state index contributed by atoms with van der Waals surface area (Å²) in [7, 11) is 3.70. The van der Waals surface area contributed by atoms with Crippen molar-refractivity contribution in [2.75, 3.05) is 20.7 Å². The first-order chi connectivity index (χ1) is 7.26. The van der Waals surface area contributed by atoms with E-state index in [9.17, 15) is 0 Å². The van der Waals surface area contributed by atoms with Gasteiger partial charge in [-0.15, -0.1) is 0 Å². The van der Waals surface area contributed by atoms with E-state index in [2.05, 4.69) is 24.4 Å². The molecule has 0 fully saturated rings. The van der Waals surface area contributed by atoms with Crippen molar-refractivity contribution in [1.82, 2.24) is 5.32 Å². The Morgan fingerprint density at radius 2 is 1.93 bits per heavy atom. The van der Waals surface area contributed by atoms with Gasteiger partial charge in [0.1, 0.15) is 5.75 Å². The van der Waals surface area contributed by atoms with Crippen LogP contribution in [0.25, 0.3) is 0 Å². The highest BCUT2D eigenvalue weighted by atomic mass is 16.5. The molecule has 1 aromatic rings. The van der Waals surface area contributed by atoms with Crippen LogP contribution in [-0.4, -0.2) is 20.7 Å². The van der Waals surface area contributed by atoms with Crippen LogP contribution in [0.15, 0.2) is 24.3 Å². The topological polar surface area (TPSA) is 21.3 Å². The van der Waals surface area contributed by atoms with E-state index in [-0.39, 0.29) is 0 Å². The average Bonchev–Trinajstić information content (AvgIpc) is 2.27. The van der Waals surface area contributed by atoms with Gasteiger partial charge in [0.05, 0.1) is 7.11 Å². The Balaban J connectivity index is 2.37. The third-order valence-corrected chi connectivity index (χ3v) is 2.64. The summed E-state index contributed by atoms with van der Waals surface area (Å²) in [6, 6.07) is 8.34. The standard InChI is InChI=1S/C13H21NO/c1-11(10-14-2)4-5-12-6-8-13(15-3)9-7-12/h6-9,11,14H,4-5,10H2,1-3H3. The molecule has 0 aliphatic heterocycles. The highest BCUT2D eigenvalue weighted by molar-refractivity contribution is 5.27.